The van der Waals surface area contributed by atoms with Crippen LogP contribution in [0.15, 0.2) is 0 Å². The van der Waals surface area contributed by atoms with Gasteiger partial charge in [0.2, 0.25) is 0 Å². The Morgan fingerprint density at radius 2 is 0.519 bits per heavy atom. The van der Waals surface area contributed by atoms with Crippen molar-refractivity contribution in [3.8, 4) is 0 Å². The first-order chi connectivity index (χ1) is 13.4. The van der Waals surface area contributed by atoms with Crippen LogP contribution in [0.3, 0.4) is 0 Å². The molecule has 0 rings (SSSR count). The molecule has 0 heterocycles. The normalized spacial score (nSPS) is 11.3. The van der Waals surface area contributed by atoms with Crippen LogP contribution in [0.5, 0.6) is 0 Å². The molecule has 1 radical (unpaired) electrons. The van der Waals surface area contributed by atoms with Gasteiger partial charge >= 0.3 is 0 Å². The molecule has 0 heteroatoms. The van der Waals surface area contributed by atoms with Gasteiger partial charge in [-0.1, -0.05) is 168 Å². The molecule has 163 valence electrons. The molecular formula is C27H55. The van der Waals surface area contributed by atoms with Crippen molar-refractivity contribution in [2.24, 2.45) is 0 Å². The summed E-state index contributed by atoms with van der Waals surface area (Å²) in [6, 6.07) is 0. The van der Waals surface area contributed by atoms with E-state index in [1.165, 1.54) is 154 Å². The van der Waals surface area contributed by atoms with E-state index in [0.717, 1.165) is 0 Å². The highest BCUT2D eigenvalue weighted by atomic mass is 14.0. The van der Waals surface area contributed by atoms with E-state index in [9.17, 15) is 0 Å². The molecule has 27 heavy (non-hydrogen) atoms. The fourth-order valence-corrected chi connectivity index (χ4v) is 4.05. The lowest BCUT2D eigenvalue weighted by Gasteiger charge is -2.04. The Bertz CT molecular complexity index is 208. The Hall–Kier alpha value is 0. The van der Waals surface area contributed by atoms with E-state index in [2.05, 4.69) is 20.3 Å². The summed E-state index contributed by atoms with van der Waals surface area (Å²) in [5.41, 5.74) is 0. The first-order valence-corrected chi connectivity index (χ1v) is 13.2. The van der Waals surface area contributed by atoms with Crippen LogP contribution in [0.25, 0.3) is 0 Å². The van der Waals surface area contributed by atoms with E-state index in [1.54, 1.807) is 0 Å². The zero-order valence-corrected chi connectivity index (χ0v) is 19.5. The highest BCUT2D eigenvalue weighted by Gasteiger charge is 1.96. The highest BCUT2D eigenvalue weighted by molar-refractivity contribution is 4.64. The standard InChI is InChI=1S/C27H55/c1-3-5-7-9-11-13-15-17-19-21-23-25-27-26-24-22-20-18-16-14-12-10-8-6-4-2/h17H,3-16,18-27H2,1-2H3. The largest absolute Gasteiger partial charge is 0.0654 e. The van der Waals surface area contributed by atoms with Crippen LogP contribution in [-0.4, -0.2) is 0 Å². The van der Waals surface area contributed by atoms with Gasteiger partial charge in [-0.3, -0.25) is 0 Å². The number of rotatable bonds is 24. The van der Waals surface area contributed by atoms with Gasteiger partial charge in [0.1, 0.15) is 0 Å². The molecule has 0 spiro atoms. The third kappa shape index (κ3) is 26.0. The van der Waals surface area contributed by atoms with Crippen molar-refractivity contribution in [3.63, 3.8) is 0 Å². The molecule has 0 saturated heterocycles. The van der Waals surface area contributed by atoms with E-state index >= 15 is 0 Å². The summed E-state index contributed by atoms with van der Waals surface area (Å²) >= 11 is 0. The van der Waals surface area contributed by atoms with Gasteiger partial charge in [-0.15, -0.1) is 0 Å². The van der Waals surface area contributed by atoms with Crippen molar-refractivity contribution in [1.29, 1.82) is 0 Å². The first kappa shape index (κ1) is 27.0. The first-order valence-electron chi connectivity index (χ1n) is 13.2. The van der Waals surface area contributed by atoms with E-state index in [0.29, 0.717) is 0 Å². The van der Waals surface area contributed by atoms with Crippen molar-refractivity contribution in [2.45, 2.75) is 168 Å². The Morgan fingerprint density at radius 1 is 0.296 bits per heavy atom. The maximum Gasteiger partial charge on any atom is -0.0386 e. The van der Waals surface area contributed by atoms with Crippen molar-refractivity contribution in [3.05, 3.63) is 6.42 Å². The third-order valence-electron chi connectivity index (χ3n) is 6.02. The second-order valence-electron chi connectivity index (χ2n) is 8.94. The van der Waals surface area contributed by atoms with E-state index in [-0.39, 0.29) is 0 Å². The minimum absolute atomic E-state index is 1.37. The van der Waals surface area contributed by atoms with Gasteiger partial charge < -0.3 is 0 Å². The number of hydrogen-bond donors (Lipinski definition) is 0. The highest BCUT2D eigenvalue weighted by Crippen LogP contribution is 2.15. The third-order valence-corrected chi connectivity index (χ3v) is 6.02. The van der Waals surface area contributed by atoms with Crippen LogP contribution in [0.2, 0.25) is 0 Å². The van der Waals surface area contributed by atoms with Crippen LogP contribution >= 0.6 is 0 Å². The van der Waals surface area contributed by atoms with E-state index in [1.807, 2.05) is 0 Å². The van der Waals surface area contributed by atoms with Crippen LogP contribution in [-0.2, 0) is 0 Å². The molecule has 0 saturated carbocycles. The molecular weight excluding hydrogens is 324 g/mol. The maximum atomic E-state index is 2.56. The van der Waals surface area contributed by atoms with E-state index < -0.39 is 0 Å². The molecule has 0 aliphatic carbocycles. The number of unbranched alkanes of at least 4 members (excludes halogenated alkanes) is 24. The second-order valence-corrected chi connectivity index (χ2v) is 8.94. The average Bonchev–Trinajstić information content (AvgIpc) is 2.68. The minimum Gasteiger partial charge on any atom is -0.0654 e. The zero-order valence-electron chi connectivity index (χ0n) is 19.5. The van der Waals surface area contributed by atoms with Gasteiger partial charge in [0.15, 0.2) is 0 Å². The maximum absolute atomic E-state index is 2.56. The predicted octanol–water partition coefficient (Wildman–Crippen LogP) is 10.6. The summed E-state index contributed by atoms with van der Waals surface area (Å²) in [5, 5.41) is 0. The summed E-state index contributed by atoms with van der Waals surface area (Å²) in [7, 11) is 0. The Kier molecular flexibility index (Phi) is 26.0. The molecule has 0 atom stereocenters. The fourth-order valence-electron chi connectivity index (χ4n) is 4.05. The van der Waals surface area contributed by atoms with Crippen molar-refractivity contribution >= 4 is 0 Å². The lowest BCUT2D eigenvalue weighted by Crippen LogP contribution is -1.85. The Balaban J connectivity index is 2.95. The predicted molar refractivity (Wildman–Crippen MR) is 126 cm³/mol. The zero-order chi connectivity index (χ0) is 19.7. The van der Waals surface area contributed by atoms with Crippen molar-refractivity contribution in [1.82, 2.24) is 0 Å². The molecule has 0 aromatic carbocycles. The van der Waals surface area contributed by atoms with Crippen LogP contribution in [0.1, 0.15) is 168 Å². The van der Waals surface area contributed by atoms with Gasteiger partial charge in [0.25, 0.3) is 0 Å². The van der Waals surface area contributed by atoms with Crippen LogP contribution in [0.4, 0.5) is 0 Å². The number of hydrogen-bond acceptors (Lipinski definition) is 0. The van der Waals surface area contributed by atoms with Gasteiger partial charge in [-0.05, 0) is 6.42 Å². The summed E-state index contributed by atoms with van der Waals surface area (Å²) < 4.78 is 0. The topological polar surface area (TPSA) is 0 Å². The Labute approximate surface area is 174 Å². The summed E-state index contributed by atoms with van der Waals surface area (Å²) in [6.45, 7) is 4.60. The molecule has 0 aliphatic heterocycles. The van der Waals surface area contributed by atoms with Crippen molar-refractivity contribution in [2.75, 3.05) is 0 Å². The smallest absolute Gasteiger partial charge is 0.0386 e. The van der Waals surface area contributed by atoms with Crippen LogP contribution in [0, 0.1) is 6.42 Å². The lowest BCUT2D eigenvalue weighted by atomic mass is 10.0. The monoisotopic (exact) mass is 379 g/mol. The second kappa shape index (κ2) is 26.0. The molecule has 0 aromatic heterocycles. The summed E-state index contributed by atoms with van der Waals surface area (Å²) in [6.07, 6.45) is 37.4. The van der Waals surface area contributed by atoms with Gasteiger partial charge in [0, 0.05) is 0 Å². The Morgan fingerprint density at radius 3 is 0.778 bits per heavy atom. The SMILES string of the molecule is CCCCCCCC[CH]CCCCCCCCCCCCCCCCCC. The van der Waals surface area contributed by atoms with Crippen molar-refractivity contribution < 1.29 is 0 Å². The lowest BCUT2D eigenvalue weighted by molar-refractivity contribution is 0.528. The molecule has 0 bridgehead atoms. The van der Waals surface area contributed by atoms with Gasteiger partial charge in [-0.2, -0.15) is 0 Å². The molecule has 0 N–H and O–H groups in total. The molecule has 0 unspecified atom stereocenters. The molecule has 0 nitrogen and oxygen atoms in total. The molecule has 0 aliphatic rings. The van der Waals surface area contributed by atoms with Gasteiger partial charge in [-0.25, -0.2) is 0 Å². The summed E-state index contributed by atoms with van der Waals surface area (Å²) in [4.78, 5) is 0. The minimum atomic E-state index is 1.37. The summed E-state index contributed by atoms with van der Waals surface area (Å²) in [5.74, 6) is 0. The fraction of sp³-hybridized carbons (Fsp3) is 0.963. The van der Waals surface area contributed by atoms with E-state index in [4.69, 9.17) is 0 Å². The molecule has 0 amide bonds. The van der Waals surface area contributed by atoms with Crippen LogP contribution < -0.4 is 0 Å². The van der Waals surface area contributed by atoms with Gasteiger partial charge in [0.05, 0.1) is 0 Å². The molecule has 0 aromatic rings. The quantitative estimate of drug-likeness (QED) is 0.146. The molecule has 0 fully saturated rings. The average molecular weight is 380 g/mol.